The maximum atomic E-state index is 14.1. The van der Waals surface area contributed by atoms with Gasteiger partial charge in [-0.2, -0.15) is 0 Å². The zero-order valence-electron chi connectivity index (χ0n) is 33.1. The van der Waals surface area contributed by atoms with Gasteiger partial charge in [-0.15, -0.1) is 0 Å². The quantitative estimate of drug-likeness (QED) is 0.0855. The van der Waals surface area contributed by atoms with Crippen LogP contribution in [0.2, 0.25) is 18.1 Å². The molecule has 9 heteroatoms. The minimum atomic E-state index is -2.48. The monoisotopic (exact) mass is 690 g/mol. The third-order valence-corrected chi connectivity index (χ3v) is 15.3. The largest absolute Gasteiger partial charge is 0.465 e. The molecule has 0 bridgehead atoms. The van der Waals surface area contributed by atoms with Gasteiger partial charge in [-0.3, -0.25) is 24.0 Å². The molecule has 1 aromatic rings. The third-order valence-electron chi connectivity index (χ3n) is 10.8. The number of aryl methyl sites for hydroxylation is 1. The summed E-state index contributed by atoms with van der Waals surface area (Å²) < 4.78 is 19.7. The number of hydrogen-bond acceptors (Lipinski definition) is 8. The summed E-state index contributed by atoms with van der Waals surface area (Å²) in [5.41, 5.74) is 1.01. The van der Waals surface area contributed by atoms with Gasteiger partial charge in [0.15, 0.2) is 19.5 Å². The Hall–Kier alpha value is -2.39. The highest BCUT2D eigenvalue weighted by molar-refractivity contribution is 6.74. The number of ether oxygens (including phenoxy) is 1. The number of ketones is 3. The minimum absolute atomic E-state index is 0.0301. The Morgan fingerprint density at radius 3 is 1.77 bits per heavy atom. The molecule has 1 aromatic heterocycles. The Morgan fingerprint density at radius 2 is 1.31 bits per heavy atom. The lowest BCUT2D eigenvalue weighted by molar-refractivity contribution is -0.161. The molecule has 0 saturated carbocycles. The van der Waals surface area contributed by atoms with Gasteiger partial charge in [-0.1, -0.05) is 76.2 Å². The zero-order chi connectivity index (χ0) is 37.6. The second kappa shape index (κ2) is 17.5. The summed E-state index contributed by atoms with van der Waals surface area (Å²) >= 11 is 0. The van der Waals surface area contributed by atoms with E-state index >= 15 is 0 Å². The van der Waals surface area contributed by atoms with Crippen molar-refractivity contribution in [1.29, 1.82) is 0 Å². The molecular formula is C39H66O8Si. The summed E-state index contributed by atoms with van der Waals surface area (Å²) in [5.74, 6) is -4.40. The Kier molecular flexibility index (Phi) is 15.9. The Labute approximate surface area is 291 Å². The van der Waals surface area contributed by atoms with Crippen LogP contribution in [-0.4, -0.2) is 43.8 Å². The molecule has 0 fully saturated rings. The van der Waals surface area contributed by atoms with Crippen molar-refractivity contribution in [2.45, 2.75) is 159 Å². The van der Waals surface area contributed by atoms with Crippen LogP contribution in [0.25, 0.3) is 0 Å². The fraction of sp³-hybridized carbons (Fsp3) is 0.769. The van der Waals surface area contributed by atoms with Crippen LogP contribution in [0, 0.1) is 49.4 Å². The fourth-order valence-corrected chi connectivity index (χ4v) is 7.59. The normalized spacial score (nSPS) is 17.5. The van der Waals surface area contributed by atoms with Gasteiger partial charge in [0.05, 0.1) is 23.9 Å². The van der Waals surface area contributed by atoms with E-state index in [1.54, 1.807) is 41.5 Å². The Balaban J connectivity index is 3.84. The van der Waals surface area contributed by atoms with Crippen molar-refractivity contribution in [1.82, 2.24) is 0 Å². The van der Waals surface area contributed by atoms with Crippen LogP contribution in [0.4, 0.5) is 0 Å². The SMILES string of the molecule is CCc1oc([C@@H](C)[C@@H](O[Si](C)(C)C(C)(C)C)[C@H](C)[C@@H](OC(=O)CC(C)C)[C@@H](C)C(=O)C(C)C(=O)C(C)C(=O)[C@@H](C)CC)c(C)c(=O)c1C. The molecule has 0 spiro atoms. The lowest BCUT2D eigenvalue weighted by Crippen LogP contribution is -2.51. The van der Waals surface area contributed by atoms with Gasteiger partial charge >= 0.3 is 5.97 Å². The smallest absolute Gasteiger partial charge is 0.306 e. The molecule has 0 aliphatic rings. The van der Waals surface area contributed by atoms with E-state index in [-0.39, 0.29) is 40.3 Å². The minimum Gasteiger partial charge on any atom is -0.465 e. The number of rotatable bonds is 18. The van der Waals surface area contributed by atoms with Crippen molar-refractivity contribution >= 4 is 31.6 Å². The summed E-state index contributed by atoms with van der Waals surface area (Å²) in [5, 5.41) is -0.174. The molecule has 2 unspecified atom stereocenters. The standard InChI is InChI=1S/C39H66O8Si/c1-18-22(5)32(41)24(7)34(43)25(8)35(44)27(10)37(46-31(40)20-21(3)4)29(12)38(47-48(16,17)39(13,14)15)28(11)36-26(9)33(42)23(6)30(19-2)45-36/h21-22,24-25,27-29,37-38H,18-20H2,1-17H3/t22-,24?,25?,27-,28+,29+,37-,38+/m0/s1. The maximum absolute atomic E-state index is 14.1. The summed E-state index contributed by atoms with van der Waals surface area (Å²) in [7, 11) is -2.48. The lowest BCUT2D eigenvalue weighted by Gasteiger charge is -2.44. The number of carbonyl (C=O) groups is 4. The molecule has 8 atom stereocenters. The zero-order valence-corrected chi connectivity index (χ0v) is 34.1. The van der Waals surface area contributed by atoms with Crippen molar-refractivity contribution in [3.05, 3.63) is 32.9 Å². The van der Waals surface area contributed by atoms with E-state index in [9.17, 15) is 24.0 Å². The predicted molar refractivity (Wildman–Crippen MR) is 195 cm³/mol. The van der Waals surface area contributed by atoms with E-state index in [1.807, 2.05) is 41.5 Å². The molecule has 48 heavy (non-hydrogen) atoms. The molecule has 0 aliphatic carbocycles. The van der Waals surface area contributed by atoms with Crippen LogP contribution in [0.1, 0.15) is 131 Å². The highest BCUT2D eigenvalue weighted by Crippen LogP contribution is 2.42. The van der Waals surface area contributed by atoms with Crippen LogP contribution in [-0.2, 0) is 34.8 Å². The fourth-order valence-electron chi connectivity index (χ4n) is 6.13. The highest BCUT2D eigenvalue weighted by atomic mass is 28.4. The van der Waals surface area contributed by atoms with Gasteiger partial charge in [0, 0.05) is 41.7 Å². The molecule has 8 nitrogen and oxygen atoms in total. The van der Waals surface area contributed by atoms with Crippen LogP contribution < -0.4 is 5.43 Å². The molecular weight excluding hydrogens is 625 g/mol. The summed E-state index contributed by atoms with van der Waals surface area (Å²) in [6, 6.07) is 0. The first kappa shape index (κ1) is 43.6. The molecule has 0 aromatic carbocycles. The Morgan fingerprint density at radius 1 is 0.792 bits per heavy atom. The van der Waals surface area contributed by atoms with Gasteiger partial charge in [-0.25, -0.2) is 0 Å². The average molecular weight is 691 g/mol. The van der Waals surface area contributed by atoms with Gasteiger partial charge in [-0.05, 0) is 58.2 Å². The number of Topliss-reactive ketones (excluding diaryl/α,β-unsaturated/α-hetero) is 3. The van der Waals surface area contributed by atoms with Crippen LogP contribution in [0.15, 0.2) is 9.21 Å². The molecule has 0 aliphatic heterocycles. The van der Waals surface area contributed by atoms with Crippen molar-refractivity contribution in [2.75, 3.05) is 0 Å². The van der Waals surface area contributed by atoms with Crippen molar-refractivity contribution in [2.24, 2.45) is 35.5 Å². The highest BCUT2D eigenvalue weighted by Gasteiger charge is 2.47. The topological polar surface area (TPSA) is 117 Å². The second-order valence-electron chi connectivity index (χ2n) is 16.1. The Bertz CT molecular complexity index is 1350. The summed E-state index contributed by atoms with van der Waals surface area (Å²) in [6.45, 7) is 32.4. The van der Waals surface area contributed by atoms with Gasteiger partial charge in [0.2, 0.25) is 0 Å². The van der Waals surface area contributed by atoms with E-state index in [1.165, 1.54) is 0 Å². The summed E-state index contributed by atoms with van der Waals surface area (Å²) in [6.07, 6.45) is -0.234. The number of esters is 1. The first-order valence-electron chi connectivity index (χ1n) is 18.0. The molecule has 0 amide bonds. The van der Waals surface area contributed by atoms with Crippen LogP contribution in [0.5, 0.6) is 0 Å². The lowest BCUT2D eigenvalue weighted by atomic mass is 9.77. The van der Waals surface area contributed by atoms with E-state index in [2.05, 4.69) is 33.9 Å². The van der Waals surface area contributed by atoms with E-state index < -0.39 is 61.9 Å². The maximum Gasteiger partial charge on any atom is 0.306 e. The number of hydrogen-bond donors (Lipinski definition) is 0. The predicted octanol–water partition coefficient (Wildman–Crippen LogP) is 8.57. The molecule has 0 N–H and O–H groups in total. The summed E-state index contributed by atoms with van der Waals surface area (Å²) in [4.78, 5) is 67.1. The molecule has 1 heterocycles. The first-order chi connectivity index (χ1) is 21.9. The first-order valence-corrected chi connectivity index (χ1v) is 20.9. The van der Waals surface area contributed by atoms with Crippen LogP contribution in [0.3, 0.4) is 0 Å². The molecule has 1 rings (SSSR count). The van der Waals surface area contributed by atoms with Gasteiger partial charge in [0.25, 0.3) is 0 Å². The van der Waals surface area contributed by atoms with E-state index in [0.717, 1.165) is 0 Å². The van der Waals surface area contributed by atoms with Crippen molar-refractivity contribution < 1.29 is 32.8 Å². The molecule has 0 radical (unpaired) electrons. The van der Waals surface area contributed by atoms with E-state index in [4.69, 9.17) is 13.6 Å². The average Bonchev–Trinajstić information content (AvgIpc) is 3.01. The third kappa shape index (κ3) is 10.3. The molecule has 274 valence electrons. The number of carbonyl (C=O) groups excluding carboxylic acids is 4. The van der Waals surface area contributed by atoms with Crippen LogP contribution >= 0.6 is 0 Å². The molecule has 0 saturated heterocycles. The van der Waals surface area contributed by atoms with E-state index in [0.29, 0.717) is 35.5 Å². The second-order valence-corrected chi connectivity index (χ2v) is 20.9. The van der Waals surface area contributed by atoms with Crippen molar-refractivity contribution in [3.63, 3.8) is 0 Å². The van der Waals surface area contributed by atoms with Gasteiger partial charge < -0.3 is 13.6 Å². The van der Waals surface area contributed by atoms with Gasteiger partial charge in [0.1, 0.15) is 29.2 Å². The van der Waals surface area contributed by atoms with Crippen molar-refractivity contribution in [3.8, 4) is 0 Å².